The minimum atomic E-state index is 0.255. The zero-order valence-corrected chi connectivity index (χ0v) is 10.9. The molecule has 0 bridgehead atoms. The summed E-state index contributed by atoms with van der Waals surface area (Å²) in [5, 5.41) is 3.52. The number of aryl methyl sites for hydroxylation is 2. The monoisotopic (exact) mass is 220 g/mol. The molecule has 0 saturated heterocycles. The van der Waals surface area contributed by atoms with Crippen molar-refractivity contribution in [1.82, 2.24) is 0 Å². The molecule has 2 nitrogen and oxygen atoms in total. The molecule has 2 heteroatoms. The molecule has 3 N–H and O–H groups in total. The van der Waals surface area contributed by atoms with Crippen molar-refractivity contribution in [3.8, 4) is 0 Å². The van der Waals surface area contributed by atoms with Crippen LogP contribution in [0, 0.1) is 19.3 Å². The Morgan fingerprint density at radius 2 is 1.94 bits per heavy atom. The second-order valence-electron chi connectivity index (χ2n) is 5.37. The molecule has 0 spiro atoms. The molecule has 0 radical (unpaired) electrons. The topological polar surface area (TPSA) is 38.0 Å². The van der Waals surface area contributed by atoms with Gasteiger partial charge in [-0.2, -0.15) is 0 Å². The summed E-state index contributed by atoms with van der Waals surface area (Å²) in [5.74, 6) is 0. The van der Waals surface area contributed by atoms with Crippen molar-refractivity contribution in [3.63, 3.8) is 0 Å². The lowest BCUT2D eigenvalue weighted by atomic mass is 9.89. The largest absolute Gasteiger partial charge is 0.384 e. The molecule has 1 rings (SSSR count). The zero-order chi connectivity index (χ0) is 12.2. The Labute approximate surface area is 99.2 Å². The Morgan fingerprint density at radius 3 is 2.56 bits per heavy atom. The van der Waals surface area contributed by atoms with E-state index in [1.807, 2.05) is 0 Å². The van der Waals surface area contributed by atoms with Crippen molar-refractivity contribution in [2.75, 3.05) is 18.4 Å². The van der Waals surface area contributed by atoms with Crippen LogP contribution in [0.25, 0.3) is 0 Å². The standard InChI is InChI=1S/C14H24N2/c1-11-5-6-12(2)13(9-11)16-10-14(3,4)7-8-15/h5-6,9,16H,7-8,10,15H2,1-4H3. The third-order valence-corrected chi connectivity index (χ3v) is 2.97. The molecule has 0 unspecified atom stereocenters. The summed E-state index contributed by atoms with van der Waals surface area (Å²) in [5.41, 5.74) is 9.70. The average molecular weight is 220 g/mol. The predicted octanol–water partition coefficient (Wildman–Crippen LogP) is 3.09. The van der Waals surface area contributed by atoms with Crippen LogP contribution in [0.5, 0.6) is 0 Å². The Hall–Kier alpha value is -1.02. The number of nitrogens with two attached hydrogens (primary N) is 1. The van der Waals surface area contributed by atoms with Gasteiger partial charge in [0, 0.05) is 12.2 Å². The molecular formula is C14H24N2. The van der Waals surface area contributed by atoms with Gasteiger partial charge in [-0.05, 0) is 49.4 Å². The molecule has 0 atom stereocenters. The van der Waals surface area contributed by atoms with Crippen LogP contribution in [0.4, 0.5) is 5.69 Å². The molecule has 1 aromatic rings. The maximum Gasteiger partial charge on any atom is 0.0372 e. The number of benzene rings is 1. The van der Waals surface area contributed by atoms with E-state index < -0.39 is 0 Å². The van der Waals surface area contributed by atoms with E-state index in [2.05, 4.69) is 51.2 Å². The van der Waals surface area contributed by atoms with Crippen LogP contribution in [0.3, 0.4) is 0 Å². The Kier molecular flexibility index (Phi) is 4.36. The normalized spacial score (nSPS) is 11.6. The molecule has 0 amide bonds. The first kappa shape index (κ1) is 13.0. The lowest BCUT2D eigenvalue weighted by molar-refractivity contribution is 0.365. The van der Waals surface area contributed by atoms with E-state index in [1.54, 1.807) is 0 Å². The molecule has 0 aliphatic rings. The average Bonchev–Trinajstić information content (AvgIpc) is 2.19. The lowest BCUT2D eigenvalue weighted by Gasteiger charge is -2.25. The minimum absolute atomic E-state index is 0.255. The maximum absolute atomic E-state index is 5.61. The highest BCUT2D eigenvalue weighted by Gasteiger charge is 2.16. The number of hydrogen-bond donors (Lipinski definition) is 2. The van der Waals surface area contributed by atoms with E-state index in [-0.39, 0.29) is 5.41 Å². The van der Waals surface area contributed by atoms with E-state index >= 15 is 0 Å². The van der Waals surface area contributed by atoms with Gasteiger partial charge in [0.05, 0.1) is 0 Å². The van der Waals surface area contributed by atoms with Gasteiger partial charge >= 0.3 is 0 Å². The van der Waals surface area contributed by atoms with Crippen molar-refractivity contribution in [1.29, 1.82) is 0 Å². The molecule has 16 heavy (non-hydrogen) atoms. The van der Waals surface area contributed by atoms with Gasteiger partial charge in [-0.1, -0.05) is 26.0 Å². The van der Waals surface area contributed by atoms with Crippen LogP contribution in [0.2, 0.25) is 0 Å². The van der Waals surface area contributed by atoms with E-state index in [1.165, 1.54) is 16.8 Å². The van der Waals surface area contributed by atoms with Crippen molar-refractivity contribution in [2.45, 2.75) is 34.1 Å². The van der Waals surface area contributed by atoms with Crippen LogP contribution in [-0.4, -0.2) is 13.1 Å². The summed E-state index contributed by atoms with van der Waals surface area (Å²) in [4.78, 5) is 0. The van der Waals surface area contributed by atoms with Crippen molar-refractivity contribution >= 4 is 5.69 Å². The summed E-state index contributed by atoms with van der Waals surface area (Å²) in [6.45, 7) is 10.5. The first-order valence-corrected chi connectivity index (χ1v) is 5.96. The molecule has 90 valence electrons. The highest BCUT2D eigenvalue weighted by molar-refractivity contribution is 5.52. The molecular weight excluding hydrogens is 196 g/mol. The summed E-state index contributed by atoms with van der Waals surface area (Å²) in [6.07, 6.45) is 1.05. The molecule has 1 aromatic carbocycles. The Morgan fingerprint density at radius 1 is 1.25 bits per heavy atom. The minimum Gasteiger partial charge on any atom is -0.384 e. The first-order chi connectivity index (χ1) is 7.44. The fourth-order valence-corrected chi connectivity index (χ4v) is 1.74. The van der Waals surface area contributed by atoms with Crippen molar-refractivity contribution in [3.05, 3.63) is 29.3 Å². The third kappa shape index (κ3) is 3.86. The fraction of sp³-hybridized carbons (Fsp3) is 0.571. The number of rotatable bonds is 5. The fourth-order valence-electron chi connectivity index (χ4n) is 1.74. The van der Waals surface area contributed by atoms with Gasteiger partial charge in [0.25, 0.3) is 0 Å². The third-order valence-electron chi connectivity index (χ3n) is 2.97. The van der Waals surface area contributed by atoms with E-state index in [4.69, 9.17) is 5.73 Å². The number of hydrogen-bond acceptors (Lipinski definition) is 2. The van der Waals surface area contributed by atoms with E-state index in [0.717, 1.165) is 19.5 Å². The van der Waals surface area contributed by atoms with Gasteiger partial charge < -0.3 is 11.1 Å². The van der Waals surface area contributed by atoms with Gasteiger partial charge in [-0.25, -0.2) is 0 Å². The Balaban J connectivity index is 2.63. The van der Waals surface area contributed by atoms with E-state index in [0.29, 0.717) is 0 Å². The lowest BCUT2D eigenvalue weighted by Crippen LogP contribution is -2.26. The van der Waals surface area contributed by atoms with Gasteiger partial charge in [0.15, 0.2) is 0 Å². The summed E-state index contributed by atoms with van der Waals surface area (Å²) >= 11 is 0. The van der Waals surface area contributed by atoms with Crippen molar-refractivity contribution < 1.29 is 0 Å². The Bertz CT molecular complexity index is 343. The van der Waals surface area contributed by atoms with Crippen LogP contribution in [0.15, 0.2) is 18.2 Å². The molecule has 0 heterocycles. The second-order valence-corrected chi connectivity index (χ2v) is 5.37. The van der Waals surface area contributed by atoms with Crippen LogP contribution < -0.4 is 11.1 Å². The molecule has 0 aliphatic heterocycles. The van der Waals surface area contributed by atoms with Gasteiger partial charge in [0.1, 0.15) is 0 Å². The summed E-state index contributed by atoms with van der Waals surface area (Å²) in [7, 11) is 0. The summed E-state index contributed by atoms with van der Waals surface area (Å²) < 4.78 is 0. The molecule has 0 aromatic heterocycles. The highest BCUT2D eigenvalue weighted by Crippen LogP contribution is 2.22. The highest BCUT2D eigenvalue weighted by atomic mass is 14.9. The second kappa shape index (κ2) is 5.35. The summed E-state index contributed by atoms with van der Waals surface area (Å²) in [6, 6.07) is 6.51. The number of anilines is 1. The first-order valence-electron chi connectivity index (χ1n) is 5.96. The zero-order valence-electron chi connectivity index (χ0n) is 10.9. The van der Waals surface area contributed by atoms with Crippen molar-refractivity contribution in [2.24, 2.45) is 11.1 Å². The smallest absolute Gasteiger partial charge is 0.0372 e. The van der Waals surface area contributed by atoms with Crippen LogP contribution >= 0.6 is 0 Å². The van der Waals surface area contributed by atoms with Gasteiger partial charge in [-0.3, -0.25) is 0 Å². The molecule has 0 saturated carbocycles. The molecule has 0 fully saturated rings. The van der Waals surface area contributed by atoms with Gasteiger partial charge in [0.2, 0.25) is 0 Å². The SMILES string of the molecule is Cc1ccc(C)c(NCC(C)(C)CCN)c1. The molecule has 0 aliphatic carbocycles. The van der Waals surface area contributed by atoms with Gasteiger partial charge in [-0.15, -0.1) is 0 Å². The maximum atomic E-state index is 5.61. The number of nitrogens with one attached hydrogen (secondary N) is 1. The van der Waals surface area contributed by atoms with E-state index in [9.17, 15) is 0 Å². The van der Waals surface area contributed by atoms with Crippen LogP contribution in [-0.2, 0) is 0 Å². The predicted molar refractivity (Wildman–Crippen MR) is 71.9 cm³/mol. The van der Waals surface area contributed by atoms with Crippen LogP contribution in [0.1, 0.15) is 31.4 Å². The quantitative estimate of drug-likeness (QED) is 0.800.